The van der Waals surface area contributed by atoms with Crippen LogP contribution in [-0.4, -0.2) is 31.5 Å². The van der Waals surface area contributed by atoms with Gasteiger partial charge in [-0.2, -0.15) is 13.2 Å². The van der Waals surface area contributed by atoms with Gasteiger partial charge in [-0.25, -0.2) is 18.4 Å². The van der Waals surface area contributed by atoms with E-state index in [2.05, 4.69) is 20.5 Å². The molecule has 0 aliphatic carbocycles. The van der Waals surface area contributed by atoms with Crippen LogP contribution in [0, 0.1) is 11.6 Å². The molecule has 2 aromatic heterocycles. The molecule has 0 radical (unpaired) electrons. The van der Waals surface area contributed by atoms with Crippen LogP contribution in [0.2, 0.25) is 0 Å². The molecule has 2 heterocycles. The van der Waals surface area contributed by atoms with E-state index in [0.29, 0.717) is 23.0 Å². The number of halogens is 5. The first kappa shape index (κ1) is 20.0. The maximum Gasteiger partial charge on any atom is 0.453 e. The van der Waals surface area contributed by atoms with E-state index in [1.165, 1.54) is 11.4 Å². The van der Waals surface area contributed by atoms with Crippen molar-refractivity contribution in [3.05, 3.63) is 41.0 Å². The number of rotatable bonds is 5. The second-order valence-electron chi connectivity index (χ2n) is 5.18. The van der Waals surface area contributed by atoms with Crippen molar-refractivity contribution in [1.82, 2.24) is 19.9 Å². The average molecular weight is 436 g/mol. The van der Waals surface area contributed by atoms with Gasteiger partial charge in [0.25, 0.3) is 5.82 Å². The number of thioether (sulfide) groups is 1. The third-order valence-corrected chi connectivity index (χ3v) is 4.92. The monoisotopic (exact) mass is 436 g/mol. The smallest absolute Gasteiger partial charge is 0.335 e. The second-order valence-corrected chi connectivity index (χ2v) is 6.98. The molecule has 3 N–H and O–H groups in total. The number of alkyl halides is 3. The predicted octanol–water partition coefficient (Wildman–Crippen LogP) is 3.14. The maximum absolute atomic E-state index is 13.3. The van der Waals surface area contributed by atoms with Crippen molar-refractivity contribution in [2.75, 3.05) is 16.9 Å². The molecule has 148 valence electrons. The van der Waals surface area contributed by atoms with Crippen LogP contribution in [-0.2, 0) is 11.0 Å². The van der Waals surface area contributed by atoms with Crippen LogP contribution in [0.1, 0.15) is 5.82 Å². The second kappa shape index (κ2) is 7.71. The topological polar surface area (TPSA) is 98.7 Å². The Balaban J connectivity index is 1.61. The van der Waals surface area contributed by atoms with Gasteiger partial charge in [0.1, 0.15) is 0 Å². The van der Waals surface area contributed by atoms with Crippen molar-refractivity contribution < 1.29 is 26.7 Å². The van der Waals surface area contributed by atoms with Gasteiger partial charge in [0, 0.05) is 10.9 Å². The van der Waals surface area contributed by atoms with Crippen LogP contribution >= 0.6 is 23.1 Å². The molecule has 14 heteroatoms. The third-order valence-electron chi connectivity index (χ3n) is 3.22. The summed E-state index contributed by atoms with van der Waals surface area (Å²) in [5, 5.41) is 10.1. The molecule has 0 aliphatic heterocycles. The Hall–Kier alpha value is -2.74. The van der Waals surface area contributed by atoms with E-state index in [1.54, 1.807) is 0 Å². The van der Waals surface area contributed by atoms with Crippen molar-refractivity contribution >= 4 is 34.1 Å². The quantitative estimate of drug-likeness (QED) is 0.362. The van der Waals surface area contributed by atoms with Gasteiger partial charge >= 0.3 is 6.18 Å². The average Bonchev–Trinajstić information content (AvgIpc) is 3.22. The van der Waals surface area contributed by atoms with Crippen molar-refractivity contribution in [3.8, 4) is 11.3 Å². The van der Waals surface area contributed by atoms with Gasteiger partial charge in [-0.15, -0.1) is 21.5 Å². The lowest BCUT2D eigenvalue weighted by molar-refractivity contribution is -0.146. The van der Waals surface area contributed by atoms with Gasteiger partial charge in [-0.05, 0) is 18.2 Å². The minimum Gasteiger partial charge on any atom is -0.335 e. The molecular weight excluding hydrogens is 427 g/mol. The number of nitrogens with zero attached hydrogens (tertiary/aromatic N) is 4. The number of anilines is 1. The number of nitrogens with one attached hydrogen (secondary N) is 1. The summed E-state index contributed by atoms with van der Waals surface area (Å²) < 4.78 is 64.3. The van der Waals surface area contributed by atoms with Gasteiger partial charge in [-0.3, -0.25) is 4.79 Å². The number of nitrogens with two attached hydrogens (primary N) is 1. The molecule has 0 atom stereocenters. The molecule has 3 aromatic rings. The van der Waals surface area contributed by atoms with Gasteiger partial charge in [-0.1, -0.05) is 11.8 Å². The predicted molar refractivity (Wildman–Crippen MR) is 92.0 cm³/mol. The fraction of sp³-hybridized carbons (Fsp3) is 0.143. The number of nitrogen functional groups attached to an aromatic ring is 1. The lowest BCUT2D eigenvalue weighted by atomic mass is 10.2. The maximum atomic E-state index is 13.3. The minimum absolute atomic E-state index is 0.176. The lowest BCUT2D eigenvalue weighted by Crippen LogP contribution is -2.22. The number of benzene rings is 1. The zero-order chi connectivity index (χ0) is 20.5. The Kier molecular flexibility index (Phi) is 5.51. The number of aromatic nitrogens is 4. The van der Waals surface area contributed by atoms with Crippen molar-refractivity contribution in [2.24, 2.45) is 0 Å². The minimum atomic E-state index is -4.76. The molecule has 0 fully saturated rings. The molecule has 0 aliphatic rings. The van der Waals surface area contributed by atoms with Crippen molar-refractivity contribution in [3.63, 3.8) is 0 Å². The standard InChI is InChI=1S/C14H9F5N6OS2/c15-7-2-1-6(3-8(7)16)9-4-27-12(21-9)22-10(26)5-28-13-24-23-11(25(13)20)14(17,18)19/h1-4H,5,20H2,(H,21,22,26). The van der Waals surface area contributed by atoms with Crippen LogP contribution in [0.25, 0.3) is 11.3 Å². The third kappa shape index (κ3) is 4.39. The Morgan fingerprint density at radius 3 is 2.64 bits per heavy atom. The summed E-state index contributed by atoms with van der Waals surface area (Å²) in [7, 11) is 0. The molecule has 28 heavy (non-hydrogen) atoms. The molecular formula is C14H9F5N6OS2. The molecule has 1 aromatic carbocycles. The van der Waals surface area contributed by atoms with Gasteiger partial charge in [0.2, 0.25) is 11.1 Å². The van der Waals surface area contributed by atoms with Crippen LogP contribution < -0.4 is 11.2 Å². The molecule has 0 saturated heterocycles. The highest BCUT2D eigenvalue weighted by molar-refractivity contribution is 7.99. The lowest BCUT2D eigenvalue weighted by Gasteiger charge is -2.05. The van der Waals surface area contributed by atoms with E-state index in [1.807, 2.05) is 0 Å². The molecule has 7 nitrogen and oxygen atoms in total. The van der Waals surface area contributed by atoms with E-state index in [4.69, 9.17) is 5.84 Å². The Labute approximate surface area is 161 Å². The number of carbonyl (C=O) groups is 1. The summed E-state index contributed by atoms with van der Waals surface area (Å²) in [6.45, 7) is 0. The van der Waals surface area contributed by atoms with Gasteiger partial charge in [0.15, 0.2) is 16.8 Å². The summed E-state index contributed by atoms with van der Waals surface area (Å²) in [6, 6.07) is 3.26. The highest BCUT2D eigenvalue weighted by Gasteiger charge is 2.38. The van der Waals surface area contributed by atoms with Crippen LogP contribution in [0.5, 0.6) is 0 Å². The number of amides is 1. The fourth-order valence-electron chi connectivity index (χ4n) is 1.97. The highest BCUT2D eigenvalue weighted by Crippen LogP contribution is 2.29. The Bertz CT molecular complexity index is 1020. The van der Waals surface area contributed by atoms with E-state index < -0.39 is 29.5 Å². The zero-order valence-corrected chi connectivity index (χ0v) is 15.1. The first-order valence-electron chi connectivity index (χ1n) is 7.26. The number of carbonyl (C=O) groups excluding carboxylic acids is 1. The van der Waals surface area contributed by atoms with E-state index in [-0.39, 0.29) is 20.7 Å². The largest absolute Gasteiger partial charge is 0.453 e. The summed E-state index contributed by atoms with van der Waals surface area (Å²) in [5.41, 5.74) is 0.643. The molecule has 0 bridgehead atoms. The molecule has 0 saturated carbocycles. The van der Waals surface area contributed by atoms with E-state index >= 15 is 0 Å². The first-order valence-corrected chi connectivity index (χ1v) is 9.13. The first-order chi connectivity index (χ1) is 13.1. The fourth-order valence-corrected chi connectivity index (χ4v) is 3.37. The summed E-state index contributed by atoms with van der Waals surface area (Å²) in [4.78, 5) is 16.0. The van der Waals surface area contributed by atoms with Crippen LogP contribution in [0.15, 0.2) is 28.7 Å². The molecule has 1 amide bonds. The van der Waals surface area contributed by atoms with E-state index in [9.17, 15) is 26.7 Å². The normalized spacial score (nSPS) is 11.6. The summed E-state index contributed by atoms with van der Waals surface area (Å²) in [6.07, 6.45) is -4.76. The molecule has 0 unspecified atom stereocenters. The Morgan fingerprint density at radius 1 is 1.25 bits per heavy atom. The van der Waals surface area contributed by atoms with Crippen LogP contribution in [0.3, 0.4) is 0 Å². The summed E-state index contributed by atoms with van der Waals surface area (Å²) >= 11 is 1.70. The number of thiazole rings is 1. The van der Waals surface area contributed by atoms with Crippen molar-refractivity contribution in [1.29, 1.82) is 0 Å². The number of hydrogen-bond acceptors (Lipinski definition) is 7. The number of hydrogen-bond donors (Lipinski definition) is 2. The van der Waals surface area contributed by atoms with Crippen LogP contribution in [0.4, 0.5) is 27.1 Å². The molecule has 3 rings (SSSR count). The van der Waals surface area contributed by atoms with Gasteiger partial charge < -0.3 is 11.2 Å². The molecule has 0 spiro atoms. The van der Waals surface area contributed by atoms with E-state index in [0.717, 1.165) is 23.5 Å². The van der Waals surface area contributed by atoms with Crippen molar-refractivity contribution in [2.45, 2.75) is 11.3 Å². The SMILES string of the molecule is Nn1c(SCC(=O)Nc2nc(-c3ccc(F)c(F)c3)cs2)nnc1C(F)(F)F. The zero-order valence-electron chi connectivity index (χ0n) is 13.5. The van der Waals surface area contributed by atoms with Gasteiger partial charge in [0.05, 0.1) is 11.4 Å². The highest BCUT2D eigenvalue weighted by atomic mass is 32.2. The summed E-state index contributed by atoms with van der Waals surface area (Å²) in [5.74, 6) is 0.988. The Morgan fingerprint density at radius 2 is 2.00 bits per heavy atom.